The lowest BCUT2D eigenvalue weighted by Crippen LogP contribution is -2.21. The van der Waals surface area contributed by atoms with E-state index in [2.05, 4.69) is 13.8 Å². The Labute approximate surface area is 62.8 Å². The van der Waals surface area contributed by atoms with E-state index in [4.69, 9.17) is 4.74 Å². The Balaban J connectivity index is 1.96. The zero-order chi connectivity index (χ0) is 7.14. The molecule has 58 valence electrons. The van der Waals surface area contributed by atoms with Crippen molar-refractivity contribution in [1.82, 2.24) is 0 Å². The van der Waals surface area contributed by atoms with Gasteiger partial charge in [-0.25, -0.2) is 0 Å². The van der Waals surface area contributed by atoms with E-state index in [1.807, 2.05) is 0 Å². The summed E-state index contributed by atoms with van der Waals surface area (Å²) in [6, 6.07) is 0. The van der Waals surface area contributed by atoms with Crippen LogP contribution in [0.25, 0.3) is 0 Å². The lowest BCUT2D eigenvalue weighted by Gasteiger charge is -2.21. The van der Waals surface area contributed by atoms with Gasteiger partial charge in [-0.1, -0.05) is 20.3 Å². The quantitative estimate of drug-likeness (QED) is 0.509. The van der Waals surface area contributed by atoms with Crippen molar-refractivity contribution >= 4 is 0 Å². The van der Waals surface area contributed by atoms with Crippen molar-refractivity contribution in [3.8, 4) is 0 Å². The number of fused-ring (bicyclic) bond motifs is 1. The van der Waals surface area contributed by atoms with Gasteiger partial charge in [0.1, 0.15) is 0 Å². The van der Waals surface area contributed by atoms with Gasteiger partial charge in [0, 0.05) is 0 Å². The molecule has 1 saturated carbocycles. The first-order valence-corrected chi connectivity index (χ1v) is 4.44. The van der Waals surface area contributed by atoms with E-state index in [0.29, 0.717) is 12.2 Å². The summed E-state index contributed by atoms with van der Waals surface area (Å²) >= 11 is 0. The lowest BCUT2D eigenvalue weighted by atomic mass is 9.82. The zero-order valence-corrected chi connectivity index (χ0v) is 6.84. The minimum Gasteiger partial charge on any atom is -0.369 e. The van der Waals surface area contributed by atoms with Crippen LogP contribution in [-0.4, -0.2) is 12.2 Å². The smallest absolute Gasteiger partial charge is 0.0872 e. The summed E-state index contributed by atoms with van der Waals surface area (Å²) in [7, 11) is 0. The average Bonchev–Trinajstić information content (AvgIpc) is 2.63. The molecule has 2 rings (SSSR count). The van der Waals surface area contributed by atoms with E-state index in [1.165, 1.54) is 19.3 Å². The molecular formula is C9H16O. The first kappa shape index (κ1) is 6.66. The fourth-order valence-electron chi connectivity index (χ4n) is 2.20. The Bertz CT molecular complexity index is 131. The van der Waals surface area contributed by atoms with Gasteiger partial charge in [-0.05, 0) is 24.7 Å². The molecule has 1 saturated heterocycles. The van der Waals surface area contributed by atoms with Crippen LogP contribution in [0.3, 0.4) is 0 Å². The number of epoxide rings is 1. The summed E-state index contributed by atoms with van der Waals surface area (Å²) in [4.78, 5) is 0. The third-order valence-electron chi connectivity index (χ3n) is 2.93. The Hall–Kier alpha value is -0.0400. The fraction of sp³-hybridized carbons (Fsp3) is 1.00. The topological polar surface area (TPSA) is 12.5 Å². The Kier molecular flexibility index (Phi) is 1.48. The molecule has 0 amide bonds. The third-order valence-corrected chi connectivity index (χ3v) is 2.93. The van der Waals surface area contributed by atoms with Crippen molar-refractivity contribution in [1.29, 1.82) is 0 Å². The van der Waals surface area contributed by atoms with E-state index in [0.717, 1.165) is 11.8 Å². The highest BCUT2D eigenvalue weighted by atomic mass is 16.6. The minimum absolute atomic E-state index is 0.661. The largest absolute Gasteiger partial charge is 0.369 e. The van der Waals surface area contributed by atoms with Crippen molar-refractivity contribution in [3.05, 3.63) is 0 Å². The van der Waals surface area contributed by atoms with Gasteiger partial charge in [-0.15, -0.1) is 0 Å². The molecule has 1 aliphatic carbocycles. The van der Waals surface area contributed by atoms with Crippen LogP contribution in [0.15, 0.2) is 0 Å². The summed E-state index contributed by atoms with van der Waals surface area (Å²) in [5.74, 6) is 1.70. The van der Waals surface area contributed by atoms with Gasteiger partial charge >= 0.3 is 0 Å². The SMILES string of the molecule is CC(C)[C@@H]1CCC[C@H]2O[C@H]21. The van der Waals surface area contributed by atoms with Gasteiger partial charge in [0.2, 0.25) is 0 Å². The van der Waals surface area contributed by atoms with Gasteiger partial charge in [0.05, 0.1) is 12.2 Å². The maximum Gasteiger partial charge on any atom is 0.0872 e. The second kappa shape index (κ2) is 2.23. The van der Waals surface area contributed by atoms with Crippen molar-refractivity contribution < 1.29 is 4.74 Å². The summed E-state index contributed by atoms with van der Waals surface area (Å²) in [5, 5.41) is 0. The van der Waals surface area contributed by atoms with E-state index >= 15 is 0 Å². The molecule has 0 spiro atoms. The molecule has 2 fully saturated rings. The predicted molar refractivity (Wildman–Crippen MR) is 40.8 cm³/mol. The monoisotopic (exact) mass is 140 g/mol. The van der Waals surface area contributed by atoms with Gasteiger partial charge in [0.15, 0.2) is 0 Å². The highest BCUT2D eigenvalue weighted by Gasteiger charge is 2.47. The maximum atomic E-state index is 5.55. The van der Waals surface area contributed by atoms with Crippen LogP contribution in [0.5, 0.6) is 0 Å². The van der Waals surface area contributed by atoms with Crippen LogP contribution in [0.2, 0.25) is 0 Å². The Morgan fingerprint density at radius 2 is 2.10 bits per heavy atom. The maximum absolute atomic E-state index is 5.55. The highest BCUT2D eigenvalue weighted by molar-refractivity contribution is 4.95. The molecule has 1 aliphatic heterocycles. The predicted octanol–water partition coefficient (Wildman–Crippen LogP) is 2.21. The minimum atomic E-state index is 0.661. The van der Waals surface area contributed by atoms with Crippen LogP contribution in [0, 0.1) is 11.8 Å². The molecule has 2 aliphatic rings. The molecule has 0 N–H and O–H groups in total. The van der Waals surface area contributed by atoms with Crippen molar-refractivity contribution in [2.24, 2.45) is 11.8 Å². The molecule has 0 aromatic heterocycles. The average molecular weight is 140 g/mol. The van der Waals surface area contributed by atoms with Crippen molar-refractivity contribution in [2.45, 2.75) is 45.3 Å². The number of hydrogen-bond donors (Lipinski definition) is 0. The van der Waals surface area contributed by atoms with E-state index in [9.17, 15) is 0 Å². The van der Waals surface area contributed by atoms with Crippen LogP contribution in [0.1, 0.15) is 33.1 Å². The van der Waals surface area contributed by atoms with Crippen LogP contribution in [0.4, 0.5) is 0 Å². The number of rotatable bonds is 1. The normalized spacial score (nSPS) is 45.3. The van der Waals surface area contributed by atoms with Gasteiger partial charge in [-0.2, -0.15) is 0 Å². The lowest BCUT2D eigenvalue weighted by molar-refractivity contribution is 0.262. The Morgan fingerprint density at radius 1 is 1.30 bits per heavy atom. The van der Waals surface area contributed by atoms with Crippen molar-refractivity contribution in [2.75, 3.05) is 0 Å². The molecule has 0 unspecified atom stereocenters. The van der Waals surface area contributed by atoms with Crippen LogP contribution in [-0.2, 0) is 4.74 Å². The van der Waals surface area contributed by atoms with Crippen LogP contribution >= 0.6 is 0 Å². The second-order valence-corrected chi connectivity index (χ2v) is 3.98. The zero-order valence-electron chi connectivity index (χ0n) is 6.84. The standard InChI is InChI=1S/C9H16O/c1-6(2)7-4-3-5-8-9(7)10-8/h6-9H,3-5H2,1-2H3/t7-,8+,9-/m0/s1. The first-order chi connectivity index (χ1) is 4.79. The molecule has 1 nitrogen and oxygen atoms in total. The van der Waals surface area contributed by atoms with E-state index < -0.39 is 0 Å². The number of ether oxygens (including phenoxy) is 1. The molecule has 0 aromatic carbocycles. The van der Waals surface area contributed by atoms with Crippen LogP contribution < -0.4 is 0 Å². The molecule has 3 atom stereocenters. The van der Waals surface area contributed by atoms with Gasteiger partial charge < -0.3 is 4.74 Å². The molecule has 1 heteroatoms. The summed E-state index contributed by atoms with van der Waals surface area (Å²) in [6.07, 6.45) is 5.45. The van der Waals surface area contributed by atoms with E-state index in [-0.39, 0.29) is 0 Å². The summed E-state index contributed by atoms with van der Waals surface area (Å²) in [5.41, 5.74) is 0. The highest BCUT2D eigenvalue weighted by Crippen LogP contribution is 2.43. The molecule has 0 aromatic rings. The van der Waals surface area contributed by atoms with Crippen molar-refractivity contribution in [3.63, 3.8) is 0 Å². The summed E-state index contributed by atoms with van der Waals surface area (Å²) < 4.78 is 5.55. The fourth-order valence-corrected chi connectivity index (χ4v) is 2.20. The second-order valence-electron chi connectivity index (χ2n) is 3.98. The third kappa shape index (κ3) is 0.968. The molecule has 0 radical (unpaired) electrons. The first-order valence-electron chi connectivity index (χ1n) is 4.44. The Morgan fingerprint density at radius 3 is 2.70 bits per heavy atom. The summed E-state index contributed by atoms with van der Waals surface area (Å²) in [6.45, 7) is 4.63. The molecule has 0 bridgehead atoms. The van der Waals surface area contributed by atoms with Gasteiger partial charge in [0.25, 0.3) is 0 Å². The van der Waals surface area contributed by atoms with Gasteiger partial charge in [-0.3, -0.25) is 0 Å². The van der Waals surface area contributed by atoms with E-state index in [1.54, 1.807) is 0 Å². The number of hydrogen-bond acceptors (Lipinski definition) is 1. The molecular weight excluding hydrogens is 124 g/mol. The molecule has 1 heterocycles. The molecule has 10 heavy (non-hydrogen) atoms.